The number of primary sulfonamides is 1. The quantitative estimate of drug-likeness (QED) is 0.605. The lowest BCUT2D eigenvalue weighted by Crippen LogP contribution is -2.17. The van der Waals surface area contributed by atoms with E-state index in [0.717, 1.165) is 12.3 Å². The number of rotatable bonds is 3. The van der Waals surface area contributed by atoms with Gasteiger partial charge in [0.05, 0.1) is 23.8 Å². The molecule has 124 valence electrons. The lowest BCUT2D eigenvalue weighted by molar-refractivity contribution is 0.102. The van der Waals surface area contributed by atoms with Crippen LogP contribution in [0.2, 0.25) is 0 Å². The SMILES string of the molecule is Cc1oc2nc[nH]c(=O)c2c1C(=O)Nc1ccc(S(N)(=O)=O)nc1. The molecule has 24 heavy (non-hydrogen) atoms. The lowest BCUT2D eigenvalue weighted by Gasteiger charge is -2.05. The number of nitrogens with zero attached hydrogens (tertiary/aromatic N) is 2. The molecule has 1 amide bonds. The Morgan fingerprint density at radius 3 is 2.71 bits per heavy atom. The Labute approximate surface area is 134 Å². The standard InChI is InChI=1S/C13H11N5O5S/c1-6-9(10-11(19)16-5-17-13(10)23-6)12(20)18-7-2-3-8(15-4-7)24(14,21)22/h2-5H,1H3,(H,18,20)(H2,14,21,22)(H,16,17,19). The van der Waals surface area contributed by atoms with Gasteiger partial charge in [0.2, 0.25) is 5.71 Å². The smallest absolute Gasteiger partial charge is 0.262 e. The lowest BCUT2D eigenvalue weighted by atomic mass is 10.2. The van der Waals surface area contributed by atoms with Crippen LogP contribution in [0.4, 0.5) is 5.69 Å². The van der Waals surface area contributed by atoms with Crippen molar-refractivity contribution < 1.29 is 17.6 Å². The Morgan fingerprint density at radius 2 is 2.08 bits per heavy atom. The number of aromatic nitrogens is 3. The molecule has 0 saturated heterocycles. The van der Waals surface area contributed by atoms with Crippen molar-refractivity contribution in [3.8, 4) is 0 Å². The molecule has 0 aromatic carbocycles. The van der Waals surface area contributed by atoms with Gasteiger partial charge < -0.3 is 14.7 Å². The first-order valence-electron chi connectivity index (χ1n) is 6.54. The number of amides is 1. The molecule has 0 unspecified atom stereocenters. The van der Waals surface area contributed by atoms with Crippen molar-refractivity contribution in [2.24, 2.45) is 5.14 Å². The van der Waals surface area contributed by atoms with Gasteiger partial charge in [-0.1, -0.05) is 0 Å². The van der Waals surface area contributed by atoms with Crippen LogP contribution in [-0.4, -0.2) is 29.3 Å². The van der Waals surface area contributed by atoms with Gasteiger partial charge >= 0.3 is 0 Å². The van der Waals surface area contributed by atoms with Crippen LogP contribution >= 0.6 is 0 Å². The minimum atomic E-state index is -3.92. The molecule has 10 nitrogen and oxygen atoms in total. The summed E-state index contributed by atoms with van der Waals surface area (Å²) in [6.07, 6.45) is 2.31. The zero-order valence-corrected chi connectivity index (χ0v) is 13.0. The second-order valence-corrected chi connectivity index (χ2v) is 6.34. The second-order valence-electron chi connectivity index (χ2n) is 4.83. The molecule has 0 saturated carbocycles. The molecule has 11 heteroatoms. The molecule has 4 N–H and O–H groups in total. The molecule has 0 fully saturated rings. The predicted octanol–water partition coefficient (Wildman–Crippen LogP) is 0.119. The minimum absolute atomic E-state index is 0.0293. The number of aryl methyl sites for hydroxylation is 1. The van der Waals surface area contributed by atoms with Crippen LogP contribution in [0, 0.1) is 6.92 Å². The number of pyridine rings is 1. The van der Waals surface area contributed by atoms with Crippen molar-refractivity contribution in [1.29, 1.82) is 0 Å². The summed E-state index contributed by atoms with van der Waals surface area (Å²) in [7, 11) is -3.92. The largest absolute Gasteiger partial charge is 0.442 e. The molecule has 0 aliphatic rings. The van der Waals surface area contributed by atoms with Crippen LogP contribution in [0.3, 0.4) is 0 Å². The zero-order chi connectivity index (χ0) is 17.5. The van der Waals surface area contributed by atoms with E-state index in [9.17, 15) is 18.0 Å². The van der Waals surface area contributed by atoms with Crippen LogP contribution < -0.4 is 16.0 Å². The number of H-pyrrole nitrogens is 1. The van der Waals surface area contributed by atoms with Gasteiger partial charge in [0, 0.05) is 0 Å². The van der Waals surface area contributed by atoms with E-state index in [1.54, 1.807) is 0 Å². The number of carbonyl (C=O) groups excluding carboxylic acids is 1. The molecule has 0 spiro atoms. The van der Waals surface area contributed by atoms with Crippen molar-refractivity contribution in [1.82, 2.24) is 15.0 Å². The van der Waals surface area contributed by atoms with E-state index in [4.69, 9.17) is 9.56 Å². The van der Waals surface area contributed by atoms with Crippen LogP contribution in [0.15, 0.2) is 38.9 Å². The summed E-state index contributed by atoms with van der Waals surface area (Å²) in [5.74, 6) is -0.393. The topological polar surface area (TPSA) is 161 Å². The number of carbonyl (C=O) groups is 1. The van der Waals surface area contributed by atoms with E-state index in [1.165, 1.54) is 19.3 Å². The van der Waals surface area contributed by atoms with Crippen LogP contribution in [0.25, 0.3) is 11.1 Å². The number of aromatic amines is 1. The average Bonchev–Trinajstić information content (AvgIpc) is 2.84. The summed E-state index contributed by atoms with van der Waals surface area (Å²) in [6.45, 7) is 1.53. The number of anilines is 1. The van der Waals surface area contributed by atoms with Crippen LogP contribution in [-0.2, 0) is 10.0 Å². The molecule has 0 bridgehead atoms. The van der Waals surface area contributed by atoms with Crippen molar-refractivity contribution in [2.75, 3.05) is 5.32 Å². The van der Waals surface area contributed by atoms with E-state index in [2.05, 4.69) is 20.3 Å². The highest BCUT2D eigenvalue weighted by molar-refractivity contribution is 7.89. The maximum atomic E-state index is 12.4. The molecule has 0 atom stereocenters. The molecule has 3 heterocycles. The molecule has 0 aliphatic heterocycles. The van der Waals surface area contributed by atoms with E-state index in [1.807, 2.05) is 0 Å². The Kier molecular flexibility index (Phi) is 3.66. The van der Waals surface area contributed by atoms with E-state index < -0.39 is 21.5 Å². The number of hydrogen-bond donors (Lipinski definition) is 3. The number of furan rings is 1. The Balaban J connectivity index is 1.96. The van der Waals surface area contributed by atoms with Gasteiger partial charge in [-0.2, -0.15) is 0 Å². The third-order valence-electron chi connectivity index (χ3n) is 3.18. The molecule has 3 aromatic heterocycles. The second kappa shape index (κ2) is 5.54. The zero-order valence-electron chi connectivity index (χ0n) is 12.2. The number of nitrogens with two attached hydrogens (primary N) is 1. The first-order valence-corrected chi connectivity index (χ1v) is 8.09. The highest BCUT2D eigenvalue weighted by Crippen LogP contribution is 2.21. The van der Waals surface area contributed by atoms with E-state index in [0.29, 0.717) is 0 Å². The molecule has 0 aliphatic carbocycles. The fourth-order valence-electron chi connectivity index (χ4n) is 2.14. The van der Waals surface area contributed by atoms with Gasteiger partial charge in [-0.05, 0) is 19.1 Å². The Morgan fingerprint density at radius 1 is 1.33 bits per heavy atom. The van der Waals surface area contributed by atoms with Crippen molar-refractivity contribution in [3.05, 3.63) is 46.3 Å². The first-order chi connectivity index (χ1) is 11.3. The van der Waals surface area contributed by atoms with Crippen molar-refractivity contribution in [3.63, 3.8) is 0 Å². The summed E-state index contributed by atoms with van der Waals surface area (Å²) >= 11 is 0. The normalized spacial score (nSPS) is 11.6. The third kappa shape index (κ3) is 2.77. The summed E-state index contributed by atoms with van der Waals surface area (Å²) in [4.78, 5) is 34.2. The summed E-state index contributed by atoms with van der Waals surface area (Å²) in [5.41, 5.74) is -0.204. The monoisotopic (exact) mass is 349 g/mol. The van der Waals surface area contributed by atoms with Gasteiger partial charge in [0.1, 0.15) is 11.1 Å². The summed E-state index contributed by atoms with van der Waals surface area (Å²) in [5, 5.41) is 7.16. The maximum absolute atomic E-state index is 12.4. The first kappa shape index (κ1) is 15.8. The Bertz CT molecular complexity index is 1100. The minimum Gasteiger partial charge on any atom is -0.442 e. The molecule has 3 rings (SSSR count). The predicted molar refractivity (Wildman–Crippen MR) is 82.9 cm³/mol. The fraction of sp³-hybridized carbons (Fsp3) is 0.0769. The van der Waals surface area contributed by atoms with E-state index in [-0.39, 0.29) is 33.1 Å². The van der Waals surface area contributed by atoms with Gasteiger partial charge in [-0.3, -0.25) is 9.59 Å². The van der Waals surface area contributed by atoms with Crippen LogP contribution in [0.5, 0.6) is 0 Å². The average molecular weight is 349 g/mol. The number of fused-ring (bicyclic) bond motifs is 1. The molecular weight excluding hydrogens is 338 g/mol. The van der Waals surface area contributed by atoms with Crippen LogP contribution in [0.1, 0.15) is 16.1 Å². The van der Waals surface area contributed by atoms with Gasteiger partial charge in [0.15, 0.2) is 5.03 Å². The molecule has 0 radical (unpaired) electrons. The highest BCUT2D eigenvalue weighted by atomic mass is 32.2. The number of hydrogen-bond acceptors (Lipinski definition) is 7. The molecule has 3 aromatic rings. The Hall–Kier alpha value is -3.05. The number of sulfonamides is 1. The van der Waals surface area contributed by atoms with Crippen molar-refractivity contribution in [2.45, 2.75) is 11.9 Å². The van der Waals surface area contributed by atoms with Gasteiger partial charge in [0.25, 0.3) is 21.5 Å². The molecular formula is C13H11N5O5S. The fourth-order valence-corrected chi connectivity index (χ4v) is 2.60. The van der Waals surface area contributed by atoms with E-state index >= 15 is 0 Å². The third-order valence-corrected chi connectivity index (χ3v) is 4.01. The van der Waals surface area contributed by atoms with Gasteiger partial charge in [-0.25, -0.2) is 23.5 Å². The highest BCUT2D eigenvalue weighted by Gasteiger charge is 2.22. The number of nitrogens with one attached hydrogen (secondary N) is 2. The summed E-state index contributed by atoms with van der Waals surface area (Å²) < 4.78 is 27.6. The maximum Gasteiger partial charge on any atom is 0.262 e. The van der Waals surface area contributed by atoms with Gasteiger partial charge in [-0.15, -0.1) is 0 Å². The summed E-state index contributed by atoms with van der Waals surface area (Å²) in [6, 6.07) is 2.48. The van der Waals surface area contributed by atoms with Crippen molar-refractivity contribution >= 4 is 32.7 Å².